The second kappa shape index (κ2) is 6.39. The molecule has 9 heteroatoms. The third-order valence-corrected chi connectivity index (χ3v) is 3.80. The molecule has 0 aliphatic heterocycles. The number of amides is 1. The number of halogens is 3. The van der Waals surface area contributed by atoms with E-state index in [9.17, 15) is 18.0 Å². The van der Waals surface area contributed by atoms with Crippen molar-refractivity contribution in [1.82, 2.24) is 20.3 Å². The smallest absolute Gasteiger partial charge is 0.341 e. The van der Waals surface area contributed by atoms with Gasteiger partial charge in [0, 0.05) is 11.6 Å². The van der Waals surface area contributed by atoms with Crippen molar-refractivity contribution in [3.05, 3.63) is 39.9 Å². The molecule has 0 aliphatic carbocycles. The Labute approximate surface area is 128 Å². The standard InChI is InChI=1S/C13H13F3N4OS/c1-3-8(12-20-10(6-22-12)13(14,15)16)19-11(21)9-5-17-7(2)4-18-9/h4-6,8H,3H2,1-2H3,(H,19,21)/t8-/m1/s1. The molecule has 1 N–H and O–H groups in total. The number of nitrogens with one attached hydrogen (secondary N) is 1. The molecule has 2 heterocycles. The molecular weight excluding hydrogens is 317 g/mol. The molecule has 2 aromatic rings. The van der Waals surface area contributed by atoms with E-state index < -0.39 is 23.8 Å². The molecule has 0 fully saturated rings. The summed E-state index contributed by atoms with van der Waals surface area (Å²) in [4.78, 5) is 23.5. The lowest BCUT2D eigenvalue weighted by atomic mass is 10.2. The third-order valence-electron chi connectivity index (χ3n) is 2.84. The molecule has 0 aromatic carbocycles. The highest BCUT2D eigenvalue weighted by atomic mass is 32.1. The van der Waals surface area contributed by atoms with Crippen LogP contribution in [0.4, 0.5) is 13.2 Å². The summed E-state index contributed by atoms with van der Waals surface area (Å²) >= 11 is 0.867. The van der Waals surface area contributed by atoms with Gasteiger partial charge in [-0.25, -0.2) is 9.97 Å². The van der Waals surface area contributed by atoms with Gasteiger partial charge in [-0.3, -0.25) is 9.78 Å². The topological polar surface area (TPSA) is 67.8 Å². The molecule has 0 saturated carbocycles. The van der Waals surface area contributed by atoms with Crippen LogP contribution in [0.5, 0.6) is 0 Å². The lowest BCUT2D eigenvalue weighted by Gasteiger charge is -2.14. The van der Waals surface area contributed by atoms with Crippen LogP contribution in [0.3, 0.4) is 0 Å². The summed E-state index contributed by atoms with van der Waals surface area (Å²) in [6.45, 7) is 3.48. The van der Waals surface area contributed by atoms with E-state index in [1.54, 1.807) is 13.8 Å². The molecule has 0 saturated heterocycles. The summed E-state index contributed by atoms with van der Waals surface area (Å²) in [5, 5.41) is 3.77. The number of aromatic nitrogens is 3. The molecule has 22 heavy (non-hydrogen) atoms. The minimum atomic E-state index is -4.49. The number of nitrogens with zero attached hydrogens (tertiary/aromatic N) is 3. The maximum absolute atomic E-state index is 12.6. The van der Waals surface area contributed by atoms with Gasteiger partial charge in [0.1, 0.15) is 10.7 Å². The Morgan fingerprint density at radius 2 is 2.09 bits per heavy atom. The fraction of sp³-hybridized carbons (Fsp3) is 0.385. The van der Waals surface area contributed by atoms with Crippen LogP contribution in [0, 0.1) is 6.92 Å². The largest absolute Gasteiger partial charge is 0.434 e. The highest BCUT2D eigenvalue weighted by Crippen LogP contribution is 2.32. The first kappa shape index (κ1) is 16.3. The minimum Gasteiger partial charge on any atom is -0.341 e. The quantitative estimate of drug-likeness (QED) is 0.935. The van der Waals surface area contributed by atoms with Crippen molar-refractivity contribution in [1.29, 1.82) is 0 Å². The van der Waals surface area contributed by atoms with Crippen LogP contribution in [-0.4, -0.2) is 20.9 Å². The van der Waals surface area contributed by atoms with E-state index >= 15 is 0 Å². The molecular formula is C13H13F3N4OS. The minimum absolute atomic E-state index is 0.108. The number of hydrogen-bond donors (Lipinski definition) is 1. The number of thiazole rings is 1. The van der Waals surface area contributed by atoms with Gasteiger partial charge in [-0.2, -0.15) is 13.2 Å². The van der Waals surface area contributed by atoms with Gasteiger partial charge in [0.15, 0.2) is 5.69 Å². The summed E-state index contributed by atoms with van der Waals surface area (Å²) < 4.78 is 37.7. The maximum Gasteiger partial charge on any atom is 0.434 e. The summed E-state index contributed by atoms with van der Waals surface area (Å²) in [5.74, 6) is -0.497. The molecule has 0 spiro atoms. The van der Waals surface area contributed by atoms with Gasteiger partial charge in [0.2, 0.25) is 0 Å². The molecule has 2 rings (SSSR count). The Hall–Kier alpha value is -2.03. The van der Waals surface area contributed by atoms with E-state index in [1.165, 1.54) is 12.4 Å². The van der Waals surface area contributed by atoms with Crippen molar-refractivity contribution < 1.29 is 18.0 Å². The normalized spacial score (nSPS) is 13.0. The average Bonchev–Trinajstić information content (AvgIpc) is 2.95. The summed E-state index contributed by atoms with van der Waals surface area (Å²) in [5.41, 5.74) is -0.176. The van der Waals surface area contributed by atoms with Gasteiger partial charge in [-0.05, 0) is 13.3 Å². The highest BCUT2D eigenvalue weighted by Gasteiger charge is 2.34. The molecule has 1 amide bonds. The lowest BCUT2D eigenvalue weighted by molar-refractivity contribution is -0.140. The van der Waals surface area contributed by atoms with Gasteiger partial charge in [0.25, 0.3) is 5.91 Å². The number of aryl methyl sites for hydroxylation is 1. The summed E-state index contributed by atoms with van der Waals surface area (Å²) in [6.07, 6.45) is -1.31. The van der Waals surface area contributed by atoms with Crippen LogP contribution < -0.4 is 5.32 Å². The second-order valence-electron chi connectivity index (χ2n) is 4.55. The van der Waals surface area contributed by atoms with Gasteiger partial charge < -0.3 is 5.32 Å². The van der Waals surface area contributed by atoms with Crippen LogP contribution in [-0.2, 0) is 6.18 Å². The highest BCUT2D eigenvalue weighted by molar-refractivity contribution is 7.09. The van der Waals surface area contributed by atoms with Crippen molar-refractivity contribution in [3.8, 4) is 0 Å². The van der Waals surface area contributed by atoms with Crippen molar-refractivity contribution in [2.24, 2.45) is 0 Å². The lowest BCUT2D eigenvalue weighted by Crippen LogP contribution is -2.29. The Morgan fingerprint density at radius 3 is 2.59 bits per heavy atom. The summed E-state index contributed by atoms with van der Waals surface area (Å²) in [7, 11) is 0. The molecule has 0 radical (unpaired) electrons. The fourth-order valence-electron chi connectivity index (χ4n) is 1.66. The van der Waals surface area contributed by atoms with Gasteiger partial charge >= 0.3 is 6.18 Å². The van der Waals surface area contributed by atoms with E-state index in [0.29, 0.717) is 12.1 Å². The van der Waals surface area contributed by atoms with E-state index in [1.807, 2.05) is 0 Å². The van der Waals surface area contributed by atoms with Crippen molar-refractivity contribution >= 4 is 17.2 Å². The Bertz CT molecular complexity index is 654. The summed E-state index contributed by atoms with van der Waals surface area (Å²) in [6, 6.07) is -0.600. The predicted octanol–water partition coefficient (Wildman–Crippen LogP) is 3.14. The zero-order valence-corrected chi connectivity index (χ0v) is 12.6. The number of carbonyl (C=O) groups excluding carboxylic acids is 1. The van der Waals surface area contributed by atoms with Crippen molar-refractivity contribution in [3.63, 3.8) is 0 Å². The van der Waals surface area contributed by atoms with Gasteiger partial charge in [-0.15, -0.1) is 11.3 Å². The number of hydrogen-bond acceptors (Lipinski definition) is 5. The van der Waals surface area contributed by atoms with E-state index in [4.69, 9.17) is 0 Å². The molecule has 0 bridgehead atoms. The van der Waals surface area contributed by atoms with E-state index in [-0.39, 0.29) is 10.7 Å². The first-order valence-corrected chi connectivity index (χ1v) is 7.31. The van der Waals surface area contributed by atoms with Crippen LogP contribution in [0.1, 0.15) is 46.3 Å². The Kier molecular flexibility index (Phi) is 4.74. The monoisotopic (exact) mass is 330 g/mol. The predicted molar refractivity (Wildman–Crippen MR) is 74.4 cm³/mol. The first-order valence-electron chi connectivity index (χ1n) is 6.43. The van der Waals surface area contributed by atoms with Gasteiger partial charge in [-0.1, -0.05) is 6.92 Å². The molecule has 118 valence electrons. The SMILES string of the molecule is CC[C@@H](NC(=O)c1cnc(C)cn1)c1nc(C(F)(F)F)cs1. The van der Waals surface area contributed by atoms with Crippen LogP contribution >= 0.6 is 11.3 Å². The molecule has 2 aromatic heterocycles. The number of alkyl halides is 3. The van der Waals surface area contributed by atoms with E-state index in [0.717, 1.165) is 16.7 Å². The third kappa shape index (κ3) is 3.79. The average molecular weight is 330 g/mol. The Balaban J connectivity index is 2.13. The molecule has 5 nitrogen and oxygen atoms in total. The Morgan fingerprint density at radius 1 is 1.36 bits per heavy atom. The molecule has 0 aliphatic rings. The van der Waals surface area contributed by atoms with Gasteiger partial charge in [0.05, 0.1) is 17.9 Å². The fourth-order valence-corrected chi connectivity index (χ4v) is 2.62. The van der Waals surface area contributed by atoms with Crippen molar-refractivity contribution in [2.75, 3.05) is 0 Å². The van der Waals surface area contributed by atoms with E-state index in [2.05, 4.69) is 20.3 Å². The first-order chi connectivity index (χ1) is 10.3. The maximum atomic E-state index is 12.6. The molecule has 1 atom stereocenters. The zero-order chi connectivity index (χ0) is 16.3. The number of rotatable bonds is 4. The molecule has 0 unspecified atom stereocenters. The van der Waals surface area contributed by atoms with Crippen LogP contribution in [0.15, 0.2) is 17.8 Å². The second-order valence-corrected chi connectivity index (χ2v) is 5.44. The zero-order valence-electron chi connectivity index (χ0n) is 11.8. The van der Waals surface area contributed by atoms with Crippen molar-refractivity contribution in [2.45, 2.75) is 32.5 Å². The van der Waals surface area contributed by atoms with Crippen LogP contribution in [0.2, 0.25) is 0 Å². The van der Waals surface area contributed by atoms with Crippen LogP contribution in [0.25, 0.3) is 0 Å². The number of carbonyl (C=O) groups is 1.